The van der Waals surface area contributed by atoms with E-state index in [1.165, 1.54) is 57.8 Å². The molecule has 0 N–H and O–H groups in total. The Bertz CT molecular complexity index is 882. The van der Waals surface area contributed by atoms with Gasteiger partial charge in [-0.05, 0) is 43.6 Å². The van der Waals surface area contributed by atoms with Gasteiger partial charge in [-0.2, -0.15) is 0 Å². The fraction of sp³-hybridized carbons (Fsp3) is 0.767. The summed E-state index contributed by atoms with van der Waals surface area (Å²) in [5.41, 5.74) is 1.00. The molecule has 2 atom stereocenters. The second-order valence-corrected chi connectivity index (χ2v) is 18.9. The minimum atomic E-state index is -3.73. The van der Waals surface area contributed by atoms with Crippen molar-refractivity contribution >= 4 is 18.2 Å². The largest absolute Gasteiger partial charge is 0.414 e. The van der Waals surface area contributed by atoms with Crippen molar-refractivity contribution in [2.75, 3.05) is 0 Å². The van der Waals surface area contributed by atoms with Crippen molar-refractivity contribution in [2.24, 2.45) is 0 Å². The van der Waals surface area contributed by atoms with Crippen molar-refractivity contribution in [1.82, 2.24) is 0 Å². The van der Waals surface area contributed by atoms with Crippen molar-refractivity contribution in [2.45, 2.75) is 153 Å². The molecule has 1 aromatic rings. The molecule has 1 unspecified atom stereocenters. The van der Waals surface area contributed by atoms with E-state index in [4.69, 9.17) is 11.0 Å². The van der Waals surface area contributed by atoms with E-state index in [1.807, 2.05) is 6.92 Å². The van der Waals surface area contributed by atoms with Crippen LogP contribution in [0.1, 0.15) is 117 Å². The van der Waals surface area contributed by atoms with Gasteiger partial charge in [0, 0.05) is 0 Å². The maximum atomic E-state index is 13.3. The lowest BCUT2D eigenvalue weighted by atomic mass is 10.0. The molecule has 0 aliphatic rings. The molecule has 0 amide bonds. The Labute approximate surface area is 224 Å². The molecule has 36 heavy (non-hydrogen) atoms. The quantitative estimate of drug-likeness (QED) is 0.107. The maximum absolute atomic E-state index is 13.3. The minimum absolute atomic E-state index is 0.0335. The first-order valence-corrected chi connectivity index (χ1v) is 18.7. The van der Waals surface area contributed by atoms with Crippen LogP contribution in [-0.4, -0.2) is 28.2 Å². The Morgan fingerprint density at radius 3 is 1.81 bits per heavy atom. The third-order valence-corrected chi connectivity index (χ3v) is 14.2. The van der Waals surface area contributed by atoms with Gasteiger partial charge < -0.3 is 4.43 Å². The Kier molecular flexibility index (Phi) is 14.6. The van der Waals surface area contributed by atoms with E-state index in [9.17, 15) is 8.42 Å². The van der Waals surface area contributed by atoms with E-state index in [2.05, 4.69) is 45.6 Å². The number of nitrogens with zero attached hydrogens (tertiary/aromatic N) is 1. The average Bonchev–Trinajstić information content (AvgIpc) is 2.80. The Hall–Kier alpha value is -1.16. The van der Waals surface area contributed by atoms with E-state index in [0.717, 1.165) is 24.8 Å². The highest BCUT2D eigenvalue weighted by Gasteiger charge is 2.42. The van der Waals surface area contributed by atoms with Crippen LogP contribution in [0.5, 0.6) is 0 Å². The molecule has 6 heteroatoms. The van der Waals surface area contributed by atoms with Crippen molar-refractivity contribution in [3.05, 3.63) is 41.2 Å². The van der Waals surface area contributed by atoms with Crippen LogP contribution in [0, 0.1) is 13.5 Å². The lowest BCUT2D eigenvalue weighted by molar-refractivity contribution is 0.159. The summed E-state index contributed by atoms with van der Waals surface area (Å²) in [7, 11) is -5.82. The Morgan fingerprint density at radius 2 is 1.36 bits per heavy atom. The van der Waals surface area contributed by atoms with Gasteiger partial charge in [-0.25, -0.2) is 15.0 Å². The molecule has 0 heterocycles. The molecule has 0 bridgehead atoms. The first-order valence-electron chi connectivity index (χ1n) is 14.2. The number of rotatable bonds is 18. The zero-order chi connectivity index (χ0) is 27.2. The summed E-state index contributed by atoms with van der Waals surface area (Å²) >= 11 is 0. The van der Waals surface area contributed by atoms with Gasteiger partial charge in [-0.1, -0.05) is 116 Å². The van der Waals surface area contributed by atoms with E-state index in [0.29, 0.717) is 0 Å². The van der Waals surface area contributed by atoms with Gasteiger partial charge in [0.05, 0.1) is 17.4 Å². The van der Waals surface area contributed by atoms with E-state index in [1.54, 1.807) is 24.3 Å². The van der Waals surface area contributed by atoms with Crippen molar-refractivity contribution in [1.29, 1.82) is 0 Å². The number of benzene rings is 1. The molecule has 4 nitrogen and oxygen atoms in total. The molecule has 0 aliphatic carbocycles. The zero-order valence-electron chi connectivity index (χ0n) is 24.2. The molecule has 206 valence electrons. The number of sulfone groups is 1. The normalized spacial score (nSPS) is 14.4. The van der Waals surface area contributed by atoms with Gasteiger partial charge in [-0.15, -0.1) is 0 Å². The standard InChI is InChI=1S/C30H53NO3SSi/c1-9-10-11-12-13-14-15-16-17-18-19-20-27(34-36(7,8)30(3,4)5)25-29(31-6)35(32,33)28-23-21-26(2)22-24-28/h21-24,27,29H,9-20,25H2,1-5,7-8H3/t27-,29?/m1/s1. The monoisotopic (exact) mass is 535 g/mol. The SMILES string of the molecule is [C-]#[N+]C(C[C@@H](CCCCCCCCCCCCC)O[Si](C)(C)C(C)(C)C)S(=O)(=O)c1ccc(C)cc1. The first kappa shape index (κ1) is 32.9. The van der Waals surface area contributed by atoms with Crippen molar-refractivity contribution in [3.8, 4) is 0 Å². The maximum Gasteiger partial charge on any atom is 0.327 e. The fourth-order valence-electron chi connectivity index (χ4n) is 4.21. The summed E-state index contributed by atoms with van der Waals surface area (Å²) in [5, 5.41) is -1.08. The molecule has 1 rings (SSSR count). The highest BCUT2D eigenvalue weighted by molar-refractivity contribution is 7.92. The van der Waals surface area contributed by atoms with Crippen LogP contribution in [0.25, 0.3) is 4.85 Å². The summed E-state index contributed by atoms with van der Waals surface area (Å²) in [6.07, 6.45) is 14.9. The number of unbranched alkanes of at least 4 members (excludes halogenated alkanes) is 10. The highest BCUT2D eigenvalue weighted by atomic mass is 32.2. The molecule has 0 aliphatic heterocycles. The minimum Gasteiger partial charge on any atom is -0.414 e. The summed E-state index contributed by atoms with van der Waals surface area (Å²) < 4.78 is 33.3. The molecule has 1 aromatic carbocycles. The van der Waals surface area contributed by atoms with Gasteiger partial charge >= 0.3 is 5.37 Å². The van der Waals surface area contributed by atoms with Gasteiger partial charge in [0.25, 0.3) is 9.84 Å². The molecule has 0 spiro atoms. The molecule has 0 aromatic heterocycles. The van der Waals surface area contributed by atoms with Crippen LogP contribution in [0.3, 0.4) is 0 Å². The van der Waals surface area contributed by atoms with Crippen molar-refractivity contribution < 1.29 is 12.8 Å². The molecular formula is C30H53NO3SSi. The predicted octanol–water partition coefficient (Wildman–Crippen LogP) is 9.50. The number of hydrogen-bond acceptors (Lipinski definition) is 3. The van der Waals surface area contributed by atoms with E-state index in [-0.39, 0.29) is 22.5 Å². The highest BCUT2D eigenvalue weighted by Crippen LogP contribution is 2.39. The van der Waals surface area contributed by atoms with Gasteiger partial charge in [0.1, 0.15) is 0 Å². The van der Waals surface area contributed by atoms with Crippen LogP contribution in [0.15, 0.2) is 29.2 Å². The van der Waals surface area contributed by atoms with Crippen LogP contribution in [0.4, 0.5) is 0 Å². The number of aryl methyl sites for hydroxylation is 1. The average molecular weight is 536 g/mol. The van der Waals surface area contributed by atoms with Crippen LogP contribution >= 0.6 is 0 Å². The Morgan fingerprint density at radius 1 is 0.889 bits per heavy atom. The second-order valence-electron chi connectivity index (χ2n) is 12.0. The molecule has 0 radical (unpaired) electrons. The molecular weight excluding hydrogens is 482 g/mol. The smallest absolute Gasteiger partial charge is 0.327 e. The zero-order valence-corrected chi connectivity index (χ0v) is 26.1. The summed E-state index contributed by atoms with van der Waals surface area (Å²) in [4.78, 5) is 3.82. The number of hydrogen-bond donors (Lipinski definition) is 0. The van der Waals surface area contributed by atoms with E-state index >= 15 is 0 Å². The molecule has 0 fully saturated rings. The van der Waals surface area contributed by atoms with Crippen LogP contribution in [0.2, 0.25) is 18.1 Å². The lowest BCUT2D eigenvalue weighted by Gasteiger charge is -2.39. The van der Waals surface area contributed by atoms with Gasteiger partial charge in [0.2, 0.25) is 0 Å². The van der Waals surface area contributed by atoms with E-state index < -0.39 is 23.5 Å². The van der Waals surface area contributed by atoms with Gasteiger partial charge in [0.15, 0.2) is 8.32 Å². The first-order chi connectivity index (χ1) is 16.8. The van der Waals surface area contributed by atoms with Crippen LogP contribution in [-0.2, 0) is 14.3 Å². The third-order valence-electron chi connectivity index (χ3n) is 7.71. The van der Waals surface area contributed by atoms with Crippen LogP contribution < -0.4 is 0 Å². The molecule has 0 saturated heterocycles. The predicted molar refractivity (Wildman–Crippen MR) is 157 cm³/mol. The summed E-state index contributed by atoms with van der Waals surface area (Å²) in [6.45, 7) is 22.9. The third kappa shape index (κ3) is 11.5. The summed E-state index contributed by atoms with van der Waals surface area (Å²) in [5.74, 6) is 0. The topological polar surface area (TPSA) is 47.7 Å². The Balaban J connectivity index is 2.72. The second kappa shape index (κ2) is 15.9. The van der Waals surface area contributed by atoms with Crippen molar-refractivity contribution in [3.63, 3.8) is 0 Å². The van der Waals surface area contributed by atoms with Gasteiger partial charge in [-0.3, -0.25) is 4.85 Å². The molecule has 0 saturated carbocycles. The lowest BCUT2D eigenvalue weighted by Crippen LogP contribution is -2.44. The fourth-order valence-corrected chi connectivity index (χ4v) is 7.05. The summed E-state index contributed by atoms with van der Waals surface area (Å²) in [6, 6.07) is 6.83.